The number of benzene rings is 2. The molecule has 1 heterocycles. The number of nitrogens with zero attached hydrogens (tertiary/aromatic N) is 1. The monoisotopic (exact) mass is 369 g/mol. The van der Waals surface area contributed by atoms with Gasteiger partial charge in [0.05, 0.1) is 12.5 Å². The molecule has 2 fully saturated rings. The van der Waals surface area contributed by atoms with Crippen LogP contribution < -0.4 is 0 Å². The van der Waals surface area contributed by atoms with Gasteiger partial charge in [-0.2, -0.15) is 0 Å². The van der Waals surface area contributed by atoms with E-state index in [1.54, 1.807) is 12.1 Å². The van der Waals surface area contributed by atoms with Gasteiger partial charge in [-0.05, 0) is 35.6 Å². The number of rotatable bonds is 6. The van der Waals surface area contributed by atoms with Gasteiger partial charge in [0.2, 0.25) is 0 Å². The Bertz CT molecular complexity index is 765. The maximum atomic E-state index is 13.0. The molecule has 3 atom stereocenters. The van der Waals surface area contributed by atoms with Crippen molar-refractivity contribution in [2.75, 3.05) is 26.3 Å². The van der Waals surface area contributed by atoms with Crippen molar-refractivity contribution in [1.82, 2.24) is 4.90 Å². The number of hydrogen-bond donors (Lipinski definition) is 0. The molecule has 1 aliphatic heterocycles. The van der Waals surface area contributed by atoms with Crippen molar-refractivity contribution in [2.45, 2.75) is 25.0 Å². The van der Waals surface area contributed by atoms with E-state index < -0.39 is 0 Å². The average Bonchev–Trinajstić information content (AvgIpc) is 3.49. The van der Waals surface area contributed by atoms with Crippen LogP contribution in [0.4, 0.5) is 4.39 Å². The molecule has 142 valence electrons. The van der Waals surface area contributed by atoms with Gasteiger partial charge < -0.3 is 9.47 Å². The van der Waals surface area contributed by atoms with Gasteiger partial charge in [-0.25, -0.2) is 4.39 Å². The molecule has 1 saturated heterocycles. The Balaban J connectivity index is 1.23. The highest BCUT2D eigenvalue weighted by Gasteiger charge is 2.45. The summed E-state index contributed by atoms with van der Waals surface area (Å²) in [7, 11) is 0. The molecule has 1 aliphatic carbocycles. The lowest BCUT2D eigenvalue weighted by atomic mass is 10.1. The number of hydrogen-bond acceptors (Lipinski definition) is 4. The molecule has 5 heteroatoms. The van der Waals surface area contributed by atoms with Crippen LogP contribution in [0.25, 0.3) is 0 Å². The van der Waals surface area contributed by atoms with Crippen molar-refractivity contribution in [2.24, 2.45) is 5.92 Å². The Kier molecular flexibility index (Phi) is 5.50. The first kappa shape index (κ1) is 18.1. The largest absolute Gasteiger partial charge is 0.463 e. The number of morpholine rings is 1. The third-order valence-electron chi connectivity index (χ3n) is 5.27. The van der Waals surface area contributed by atoms with Gasteiger partial charge >= 0.3 is 5.97 Å². The van der Waals surface area contributed by atoms with Gasteiger partial charge in [-0.3, -0.25) is 9.69 Å². The van der Waals surface area contributed by atoms with E-state index in [0.29, 0.717) is 6.61 Å². The van der Waals surface area contributed by atoms with Crippen LogP contribution in [-0.4, -0.2) is 43.3 Å². The summed E-state index contributed by atoms with van der Waals surface area (Å²) in [5.41, 5.74) is 2.27. The molecule has 0 radical (unpaired) electrons. The van der Waals surface area contributed by atoms with Crippen molar-refractivity contribution >= 4 is 5.97 Å². The van der Waals surface area contributed by atoms with Gasteiger partial charge in [-0.1, -0.05) is 42.5 Å². The fourth-order valence-electron chi connectivity index (χ4n) is 3.68. The molecule has 2 aromatic rings. The maximum absolute atomic E-state index is 13.0. The predicted molar refractivity (Wildman–Crippen MR) is 99.7 cm³/mol. The number of carbonyl (C=O) groups excluding carboxylic acids is 1. The first-order valence-electron chi connectivity index (χ1n) is 9.49. The van der Waals surface area contributed by atoms with Gasteiger partial charge in [0.25, 0.3) is 0 Å². The summed E-state index contributed by atoms with van der Waals surface area (Å²) in [5, 5.41) is 0. The van der Waals surface area contributed by atoms with Crippen molar-refractivity contribution in [1.29, 1.82) is 0 Å². The van der Waals surface area contributed by atoms with Crippen LogP contribution in [0.5, 0.6) is 0 Å². The quantitative estimate of drug-likeness (QED) is 0.732. The van der Waals surface area contributed by atoms with E-state index in [9.17, 15) is 9.18 Å². The summed E-state index contributed by atoms with van der Waals surface area (Å²) in [6.45, 7) is 3.46. The Morgan fingerprint density at radius 2 is 1.93 bits per heavy atom. The summed E-state index contributed by atoms with van der Waals surface area (Å²) in [6, 6.07) is 16.7. The van der Waals surface area contributed by atoms with E-state index in [0.717, 1.165) is 31.6 Å². The number of ether oxygens (including phenoxy) is 2. The van der Waals surface area contributed by atoms with Crippen LogP contribution in [0.2, 0.25) is 0 Å². The summed E-state index contributed by atoms with van der Waals surface area (Å²) in [4.78, 5) is 14.6. The first-order valence-corrected chi connectivity index (χ1v) is 9.49. The topological polar surface area (TPSA) is 38.8 Å². The Morgan fingerprint density at radius 3 is 2.70 bits per heavy atom. The molecule has 3 unspecified atom stereocenters. The summed E-state index contributed by atoms with van der Waals surface area (Å²) < 4.78 is 24.3. The molecule has 0 N–H and O–H groups in total. The minimum absolute atomic E-state index is 0.0885. The van der Waals surface area contributed by atoms with E-state index in [-0.39, 0.29) is 36.3 Å². The zero-order chi connectivity index (χ0) is 18.6. The molecule has 1 saturated carbocycles. The minimum Gasteiger partial charge on any atom is -0.463 e. The molecule has 2 aromatic carbocycles. The summed E-state index contributed by atoms with van der Waals surface area (Å²) >= 11 is 0. The van der Waals surface area contributed by atoms with E-state index >= 15 is 0 Å². The van der Waals surface area contributed by atoms with E-state index in [4.69, 9.17) is 9.47 Å². The van der Waals surface area contributed by atoms with Crippen LogP contribution in [0, 0.1) is 11.7 Å². The second-order valence-corrected chi connectivity index (χ2v) is 7.34. The second kappa shape index (κ2) is 8.19. The number of halogens is 1. The molecular weight excluding hydrogens is 345 g/mol. The molecule has 4 nitrogen and oxygen atoms in total. The molecule has 0 spiro atoms. The third-order valence-corrected chi connectivity index (χ3v) is 5.27. The minimum atomic E-state index is -0.256. The van der Waals surface area contributed by atoms with Crippen molar-refractivity contribution < 1.29 is 18.7 Å². The lowest BCUT2D eigenvalue weighted by Gasteiger charge is -2.32. The first-order chi connectivity index (χ1) is 13.2. The zero-order valence-corrected chi connectivity index (χ0v) is 15.2. The zero-order valence-electron chi connectivity index (χ0n) is 15.2. The fraction of sp³-hybridized carbons (Fsp3) is 0.409. The number of carbonyl (C=O) groups is 1. The fourth-order valence-corrected chi connectivity index (χ4v) is 3.68. The van der Waals surface area contributed by atoms with Crippen molar-refractivity contribution in [3.63, 3.8) is 0 Å². The molecule has 27 heavy (non-hydrogen) atoms. The van der Waals surface area contributed by atoms with Crippen LogP contribution in [0.3, 0.4) is 0 Å². The lowest BCUT2D eigenvalue weighted by molar-refractivity contribution is -0.152. The third kappa shape index (κ3) is 4.73. The Hall–Kier alpha value is -2.24. The molecular formula is C22H24FNO3. The van der Waals surface area contributed by atoms with Crippen LogP contribution in [0.15, 0.2) is 54.6 Å². The van der Waals surface area contributed by atoms with Gasteiger partial charge in [0.1, 0.15) is 18.5 Å². The normalized spacial score (nSPS) is 25.1. The SMILES string of the molecule is O=C(OCC1CN(Cc2ccccc2)CCO1)C1CC1c1ccc(F)cc1. The summed E-state index contributed by atoms with van der Waals surface area (Å²) in [5.74, 6) is -0.388. The number of esters is 1. The highest BCUT2D eigenvalue weighted by atomic mass is 19.1. The van der Waals surface area contributed by atoms with Crippen LogP contribution in [-0.2, 0) is 20.8 Å². The highest BCUT2D eigenvalue weighted by molar-refractivity contribution is 5.77. The lowest BCUT2D eigenvalue weighted by Crippen LogP contribution is -2.44. The van der Waals surface area contributed by atoms with Gasteiger partial charge in [0, 0.05) is 19.6 Å². The average molecular weight is 369 g/mol. The van der Waals surface area contributed by atoms with E-state index in [1.165, 1.54) is 17.7 Å². The summed E-state index contributed by atoms with van der Waals surface area (Å²) in [6.07, 6.45) is 0.685. The molecule has 2 aliphatic rings. The molecule has 4 rings (SSSR count). The van der Waals surface area contributed by atoms with E-state index in [1.807, 2.05) is 18.2 Å². The van der Waals surface area contributed by atoms with E-state index in [2.05, 4.69) is 17.0 Å². The smallest absolute Gasteiger partial charge is 0.309 e. The predicted octanol–water partition coefficient (Wildman–Crippen LogP) is 3.37. The van der Waals surface area contributed by atoms with Gasteiger partial charge in [-0.15, -0.1) is 0 Å². The maximum Gasteiger partial charge on any atom is 0.309 e. The highest BCUT2D eigenvalue weighted by Crippen LogP contribution is 2.48. The Labute approximate surface area is 158 Å². The van der Waals surface area contributed by atoms with Crippen LogP contribution >= 0.6 is 0 Å². The van der Waals surface area contributed by atoms with Crippen molar-refractivity contribution in [3.8, 4) is 0 Å². The van der Waals surface area contributed by atoms with Gasteiger partial charge in [0.15, 0.2) is 0 Å². The van der Waals surface area contributed by atoms with Crippen molar-refractivity contribution in [3.05, 3.63) is 71.5 Å². The second-order valence-electron chi connectivity index (χ2n) is 7.34. The Morgan fingerprint density at radius 1 is 1.15 bits per heavy atom. The van der Waals surface area contributed by atoms with Crippen LogP contribution in [0.1, 0.15) is 23.5 Å². The molecule has 0 amide bonds. The molecule has 0 bridgehead atoms. The standard InChI is InChI=1S/C22H24FNO3/c23-18-8-6-17(7-9-18)20-12-21(20)22(25)27-15-19-14-24(10-11-26-19)13-16-4-2-1-3-5-16/h1-9,19-21H,10-15H2. The molecule has 0 aromatic heterocycles.